The molecule has 0 aromatic carbocycles. The van der Waals surface area contributed by atoms with Gasteiger partial charge in [-0.1, -0.05) is 0 Å². The molecule has 0 saturated heterocycles. The zero-order chi connectivity index (χ0) is 13.3. The average Bonchev–Trinajstić information content (AvgIpc) is 2.78. The molecule has 4 unspecified atom stereocenters. The summed E-state index contributed by atoms with van der Waals surface area (Å²) < 4.78 is 1.32. The molecule has 1 aromatic rings. The van der Waals surface area contributed by atoms with Crippen LogP contribution in [-0.2, 0) is 0 Å². The first-order valence-corrected chi connectivity index (χ1v) is 6.94. The number of rotatable bonds is 2. The molecule has 0 aliphatic heterocycles. The Morgan fingerprint density at radius 1 is 1.26 bits per heavy atom. The molecule has 19 heavy (non-hydrogen) atoms. The van der Waals surface area contributed by atoms with Crippen molar-refractivity contribution in [1.29, 1.82) is 0 Å². The van der Waals surface area contributed by atoms with E-state index in [4.69, 9.17) is 0 Å². The van der Waals surface area contributed by atoms with Crippen LogP contribution in [0.25, 0.3) is 0 Å². The lowest BCUT2D eigenvalue weighted by Crippen LogP contribution is -2.38. The number of nitrogens with zero attached hydrogens (tertiary/aromatic N) is 1. The molecular weight excluding hydrogens is 244 g/mol. The first-order chi connectivity index (χ1) is 9.09. The second kappa shape index (κ2) is 3.46. The Balaban J connectivity index is 1.81. The van der Waals surface area contributed by atoms with Gasteiger partial charge in [0.15, 0.2) is 5.78 Å². The minimum Gasteiger partial charge on any atom is -0.313 e. The van der Waals surface area contributed by atoms with Gasteiger partial charge in [-0.3, -0.25) is 14.2 Å². The van der Waals surface area contributed by atoms with Crippen LogP contribution in [-0.4, -0.2) is 15.3 Å². The fourth-order valence-corrected chi connectivity index (χ4v) is 4.63. The van der Waals surface area contributed by atoms with Crippen molar-refractivity contribution in [2.45, 2.75) is 32.2 Å². The van der Waals surface area contributed by atoms with E-state index in [-0.39, 0.29) is 23.1 Å². The maximum Gasteiger partial charge on any atom is 0.328 e. The number of hydrogen-bond donors (Lipinski definition) is 1. The predicted molar refractivity (Wildman–Crippen MR) is 68.2 cm³/mol. The molecule has 0 radical (unpaired) electrons. The fourth-order valence-electron chi connectivity index (χ4n) is 4.63. The van der Waals surface area contributed by atoms with Crippen LogP contribution >= 0.6 is 0 Å². The summed E-state index contributed by atoms with van der Waals surface area (Å²) in [5, 5.41) is 0. The third-order valence-corrected chi connectivity index (χ3v) is 5.38. The van der Waals surface area contributed by atoms with Gasteiger partial charge in [0.2, 0.25) is 0 Å². The highest BCUT2D eigenvalue weighted by Gasteiger charge is 2.66. The number of aromatic nitrogens is 2. The molecular formula is C14H16N2O3. The van der Waals surface area contributed by atoms with Crippen LogP contribution < -0.4 is 11.2 Å². The van der Waals surface area contributed by atoms with Crippen molar-refractivity contribution < 1.29 is 4.79 Å². The van der Waals surface area contributed by atoms with Crippen LogP contribution in [0.2, 0.25) is 0 Å². The molecule has 100 valence electrons. The van der Waals surface area contributed by atoms with E-state index in [0.717, 1.165) is 0 Å². The summed E-state index contributed by atoms with van der Waals surface area (Å²) in [7, 11) is 0. The molecule has 1 aromatic heterocycles. The van der Waals surface area contributed by atoms with E-state index in [2.05, 4.69) is 4.98 Å². The van der Waals surface area contributed by atoms with Crippen molar-refractivity contribution in [1.82, 2.24) is 9.55 Å². The maximum atomic E-state index is 12.3. The van der Waals surface area contributed by atoms with Crippen molar-refractivity contribution in [2.75, 3.05) is 0 Å². The van der Waals surface area contributed by atoms with Gasteiger partial charge in [0.25, 0.3) is 5.56 Å². The first kappa shape index (κ1) is 11.2. The molecule has 0 amide bonds. The molecule has 3 fully saturated rings. The largest absolute Gasteiger partial charge is 0.328 e. The zero-order valence-corrected chi connectivity index (χ0v) is 10.8. The maximum absolute atomic E-state index is 12.3. The number of nitrogens with one attached hydrogen (secondary N) is 1. The SMILES string of the molecule is CC(=O)c1c[nH]c(=O)n(C2C3C4CCC(C4)C32)c1=O. The van der Waals surface area contributed by atoms with Crippen LogP contribution in [0.5, 0.6) is 0 Å². The van der Waals surface area contributed by atoms with Gasteiger partial charge in [0.1, 0.15) is 0 Å². The van der Waals surface area contributed by atoms with Gasteiger partial charge in [-0.2, -0.15) is 0 Å². The Morgan fingerprint density at radius 2 is 1.89 bits per heavy atom. The highest BCUT2D eigenvalue weighted by Crippen LogP contribution is 2.70. The average molecular weight is 260 g/mol. The molecule has 2 bridgehead atoms. The second-order valence-electron chi connectivity index (χ2n) is 6.22. The Labute approximate surface area is 109 Å². The van der Waals surface area contributed by atoms with Gasteiger partial charge < -0.3 is 4.98 Å². The van der Waals surface area contributed by atoms with Gasteiger partial charge in [-0.25, -0.2) is 4.79 Å². The fraction of sp³-hybridized carbons (Fsp3) is 0.643. The molecule has 4 atom stereocenters. The highest BCUT2D eigenvalue weighted by atomic mass is 16.2. The van der Waals surface area contributed by atoms with E-state index >= 15 is 0 Å². The van der Waals surface area contributed by atoms with Gasteiger partial charge >= 0.3 is 5.69 Å². The first-order valence-electron chi connectivity index (χ1n) is 6.94. The molecule has 1 N–H and O–H groups in total. The lowest BCUT2D eigenvalue weighted by Gasteiger charge is -2.11. The molecule has 0 spiro atoms. The third kappa shape index (κ3) is 1.33. The number of Topliss-reactive ketones (excluding diaryl/α,β-unsaturated/α-hetero) is 1. The molecule has 4 rings (SSSR count). The summed E-state index contributed by atoms with van der Waals surface area (Å²) in [5.74, 6) is 2.09. The smallest absolute Gasteiger partial charge is 0.313 e. The van der Waals surface area contributed by atoms with Crippen molar-refractivity contribution in [3.8, 4) is 0 Å². The summed E-state index contributed by atoms with van der Waals surface area (Å²) in [4.78, 5) is 38.2. The predicted octanol–water partition coefficient (Wildman–Crippen LogP) is 0.956. The minimum absolute atomic E-state index is 0.0433. The number of fused-ring (bicyclic) bond motifs is 5. The molecule has 3 aliphatic rings. The number of hydrogen-bond acceptors (Lipinski definition) is 3. The normalized spacial score (nSPS) is 38.3. The van der Waals surface area contributed by atoms with Crippen molar-refractivity contribution in [3.63, 3.8) is 0 Å². The Kier molecular flexibility index (Phi) is 2.04. The molecule has 3 aliphatic carbocycles. The van der Waals surface area contributed by atoms with E-state index in [1.54, 1.807) is 0 Å². The third-order valence-electron chi connectivity index (χ3n) is 5.38. The van der Waals surface area contributed by atoms with E-state index in [1.165, 1.54) is 37.0 Å². The van der Waals surface area contributed by atoms with Crippen molar-refractivity contribution in [2.24, 2.45) is 23.7 Å². The van der Waals surface area contributed by atoms with Gasteiger partial charge in [0.05, 0.1) is 5.56 Å². The van der Waals surface area contributed by atoms with Crippen LogP contribution in [0, 0.1) is 23.7 Å². The van der Waals surface area contributed by atoms with Crippen LogP contribution in [0.3, 0.4) is 0 Å². The van der Waals surface area contributed by atoms with E-state index in [1.807, 2.05) is 0 Å². The van der Waals surface area contributed by atoms with Gasteiger partial charge in [-0.15, -0.1) is 0 Å². The zero-order valence-electron chi connectivity index (χ0n) is 10.8. The highest BCUT2D eigenvalue weighted by molar-refractivity contribution is 5.93. The summed E-state index contributed by atoms with van der Waals surface area (Å²) in [6.45, 7) is 1.36. The number of aromatic amines is 1. The monoisotopic (exact) mass is 260 g/mol. The van der Waals surface area contributed by atoms with E-state index in [9.17, 15) is 14.4 Å². The van der Waals surface area contributed by atoms with Crippen LogP contribution in [0.4, 0.5) is 0 Å². The summed E-state index contributed by atoms with van der Waals surface area (Å²) >= 11 is 0. The summed E-state index contributed by atoms with van der Waals surface area (Å²) in [6, 6.07) is 0.0433. The van der Waals surface area contributed by atoms with E-state index in [0.29, 0.717) is 23.7 Å². The Hall–Kier alpha value is -1.65. The van der Waals surface area contributed by atoms with Gasteiger partial charge in [-0.05, 0) is 49.9 Å². The summed E-state index contributed by atoms with van der Waals surface area (Å²) in [6.07, 6.45) is 4.99. The van der Waals surface area contributed by atoms with Crippen LogP contribution in [0.15, 0.2) is 15.8 Å². The lowest BCUT2D eigenvalue weighted by molar-refractivity contribution is 0.101. The summed E-state index contributed by atoms with van der Waals surface area (Å²) in [5.41, 5.74) is -0.680. The van der Waals surface area contributed by atoms with Gasteiger partial charge in [0, 0.05) is 12.2 Å². The topological polar surface area (TPSA) is 71.9 Å². The molecule has 1 heterocycles. The second-order valence-corrected chi connectivity index (χ2v) is 6.22. The number of carbonyl (C=O) groups is 1. The molecule has 5 heteroatoms. The number of ketones is 1. The van der Waals surface area contributed by atoms with Crippen molar-refractivity contribution in [3.05, 3.63) is 32.6 Å². The van der Waals surface area contributed by atoms with Crippen LogP contribution in [0.1, 0.15) is 42.6 Å². The molecule has 3 saturated carbocycles. The van der Waals surface area contributed by atoms with Crippen molar-refractivity contribution >= 4 is 5.78 Å². The standard InChI is InChI=1S/C14H16N2O3/c1-6(17)9-5-15-14(19)16(13(9)18)12-10-7-2-3-8(4-7)11(10)12/h5,7-8,10-12H,2-4H2,1H3,(H,15,19). The Morgan fingerprint density at radius 3 is 2.47 bits per heavy atom. The minimum atomic E-state index is -0.407. The van der Waals surface area contributed by atoms with E-state index < -0.39 is 5.56 Å². The number of carbonyl (C=O) groups excluding carboxylic acids is 1. The Bertz CT molecular complexity index is 671. The lowest BCUT2D eigenvalue weighted by atomic mass is 10.0. The quantitative estimate of drug-likeness (QED) is 0.805. The molecule has 5 nitrogen and oxygen atoms in total. The number of H-pyrrole nitrogens is 1.